The third-order valence-electron chi connectivity index (χ3n) is 10.9. The third-order valence-corrected chi connectivity index (χ3v) is 10.9. The Morgan fingerprint density at radius 1 is 1.04 bits per heavy atom. The van der Waals surface area contributed by atoms with Crippen LogP contribution in [0.25, 0.3) is 10.9 Å². The van der Waals surface area contributed by atoms with Crippen LogP contribution in [-0.4, -0.2) is 79.1 Å². The van der Waals surface area contributed by atoms with E-state index in [2.05, 4.69) is 5.32 Å². The van der Waals surface area contributed by atoms with Crippen molar-refractivity contribution in [3.63, 3.8) is 0 Å². The summed E-state index contributed by atoms with van der Waals surface area (Å²) < 4.78 is 52.9. The van der Waals surface area contributed by atoms with Crippen molar-refractivity contribution in [1.29, 1.82) is 0 Å². The van der Waals surface area contributed by atoms with Crippen LogP contribution in [0.2, 0.25) is 0 Å². The predicted octanol–water partition coefficient (Wildman–Crippen LogP) is 4.87. The normalized spacial score (nSPS) is 30.2. The molecule has 1 aromatic carbocycles. The van der Waals surface area contributed by atoms with E-state index in [9.17, 15) is 27.6 Å². The van der Waals surface area contributed by atoms with Crippen LogP contribution in [0.15, 0.2) is 24.3 Å². The number of cyclic esters (lactones) is 1. The Morgan fingerprint density at radius 3 is 2.40 bits per heavy atom. The number of carbonyl (C=O) groups excluding carboxylic acids is 3. The summed E-state index contributed by atoms with van der Waals surface area (Å²) >= 11 is 0. The van der Waals surface area contributed by atoms with Gasteiger partial charge in [-0.05, 0) is 99.8 Å². The molecule has 2 amide bonds. The van der Waals surface area contributed by atoms with Crippen molar-refractivity contribution in [2.45, 2.75) is 81.7 Å². The highest BCUT2D eigenvalue weighted by molar-refractivity contribution is 6.02. The van der Waals surface area contributed by atoms with Gasteiger partial charge in [-0.25, -0.2) is 18.0 Å². The summed E-state index contributed by atoms with van der Waals surface area (Å²) in [6.07, 6.45) is 7.25. The average Bonchev–Trinajstić information content (AvgIpc) is 3.76. The molecule has 0 spiro atoms. The first kappa shape index (κ1) is 31.8. The zero-order valence-electron chi connectivity index (χ0n) is 25.7. The largest absolute Gasteiger partial charge is 0.428 e. The standard InChI is InChI=1S/C33H43F3N4O5/c1-44-24-9-6-19(7-10-24)25-12-13-39(31(42)21-4-2-20(3-5-21)26(37)16-34)29(25)30(41)38-23-8-11-27-22(14-23)15-28-32(43)45-33(17-35,18-36)40(27)28/h8,11,14-15,19-21,24-26,29H,2-7,9-10,12-13,16-18,37H2,1H3,(H,38,41)/t19?,20?,21?,24?,25-,26+,29-/m0/s1. The molecule has 3 N–H and O–H groups in total. The molecule has 3 atom stereocenters. The number of carbonyl (C=O) groups is 3. The highest BCUT2D eigenvalue weighted by Gasteiger charge is 2.49. The molecule has 2 aromatic rings. The van der Waals surface area contributed by atoms with E-state index in [1.807, 2.05) is 0 Å². The van der Waals surface area contributed by atoms with Crippen molar-refractivity contribution < 1.29 is 37.0 Å². The molecular formula is C33H43F3N4O5. The topological polar surface area (TPSA) is 116 Å². The Balaban J connectivity index is 1.23. The van der Waals surface area contributed by atoms with E-state index in [0.29, 0.717) is 48.8 Å². The molecule has 1 aromatic heterocycles. The van der Waals surface area contributed by atoms with Crippen LogP contribution in [-0.2, 0) is 24.8 Å². The number of amides is 2. The monoisotopic (exact) mass is 632 g/mol. The molecular weight excluding hydrogens is 589 g/mol. The molecule has 6 rings (SSSR count). The number of ether oxygens (including phenoxy) is 2. The number of likely N-dealkylation sites (tertiary alicyclic amines) is 1. The molecule has 9 nitrogen and oxygen atoms in total. The third kappa shape index (κ3) is 5.73. The van der Waals surface area contributed by atoms with Gasteiger partial charge >= 0.3 is 5.97 Å². The van der Waals surface area contributed by atoms with Gasteiger partial charge < -0.3 is 25.4 Å². The highest BCUT2D eigenvalue weighted by Crippen LogP contribution is 2.42. The van der Waals surface area contributed by atoms with E-state index in [1.54, 1.807) is 30.2 Å². The summed E-state index contributed by atoms with van der Waals surface area (Å²) in [7, 11) is 1.72. The zero-order chi connectivity index (χ0) is 31.9. The lowest BCUT2D eigenvalue weighted by atomic mass is 9.75. The van der Waals surface area contributed by atoms with Crippen molar-refractivity contribution in [2.24, 2.45) is 29.4 Å². The number of aromatic nitrogens is 1. The molecule has 4 aliphatic rings. The Hall–Kier alpha value is -3.12. The van der Waals surface area contributed by atoms with Gasteiger partial charge in [-0.3, -0.25) is 14.2 Å². The summed E-state index contributed by atoms with van der Waals surface area (Å²) in [4.78, 5) is 42.3. The van der Waals surface area contributed by atoms with Gasteiger partial charge in [-0.1, -0.05) is 0 Å². The summed E-state index contributed by atoms with van der Waals surface area (Å²) in [5, 5.41) is 3.55. The van der Waals surface area contributed by atoms with E-state index < -0.39 is 43.8 Å². The second-order valence-electron chi connectivity index (χ2n) is 13.4. The van der Waals surface area contributed by atoms with Gasteiger partial charge in [0.05, 0.1) is 11.6 Å². The first-order chi connectivity index (χ1) is 21.7. The van der Waals surface area contributed by atoms with Gasteiger partial charge in [0, 0.05) is 36.7 Å². The number of halogens is 3. The van der Waals surface area contributed by atoms with Crippen LogP contribution in [0.1, 0.15) is 68.3 Å². The Labute approximate surface area is 260 Å². The van der Waals surface area contributed by atoms with Crippen LogP contribution in [0, 0.1) is 23.7 Å². The lowest BCUT2D eigenvalue weighted by molar-refractivity contribution is -0.142. The van der Waals surface area contributed by atoms with E-state index in [0.717, 1.165) is 32.1 Å². The summed E-state index contributed by atoms with van der Waals surface area (Å²) in [5.74, 6) is -0.998. The smallest absolute Gasteiger partial charge is 0.357 e. The first-order valence-corrected chi connectivity index (χ1v) is 16.2. The number of hydrogen-bond acceptors (Lipinski definition) is 6. The number of benzene rings is 1. The molecule has 3 heterocycles. The molecule has 3 fully saturated rings. The minimum Gasteiger partial charge on any atom is -0.428 e. The zero-order valence-corrected chi connectivity index (χ0v) is 25.7. The van der Waals surface area contributed by atoms with Crippen molar-refractivity contribution >= 4 is 34.4 Å². The fourth-order valence-corrected chi connectivity index (χ4v) is 8.38. The SMILES string of the molecule is COC1CCC([C@@H]2CCN(C(=O)C3CCC([C@H](N)CF)CC3)[C@@H]2C(=O)Nc2ccc3c(c2)cc2n3C(CF)(CF)OC2=O)CC1. The summed E-state index contributed by atoms with van der Waals surface area (Å²) in [5.41, 5.74) is 4.83. The Kier molecular flexibility index (Phi) is 9.16. The van der Waals surface area contributed by atoms with Crippen LogP contribution in [0.4, 0.5) is 18.9 Å². The quantitative estimate of drug-likeness (QED) is 0.382. The van der Waals surface area contributed by atoms with Gasteiger partial charge in [0.15, 0.2) is 13.3 Å². The van der Waals surface area contributed by atoms with Crippen molar-refractivity contribution in [3.8, 4) is 0 Å². The van der Waals surface area contributed by atoms with Crippen LogP contribution < -0.4 is 11.1 Å². The minimum atomic E-state index is -2.03. The van der Waals surface area contributed by atoms with Gasteiger partial charge in [0.25, 0.3) is 0 Å². The Bertz CT molecular complexity index is 1410. The van der Waals surface area contributed by atoms with Crippen molar-refractivity contribution in [3.05, 3.63) is 30.0 Å². The molecule has 0 radical (unpaired) electrons. The molecule has 0 unspecified atom stereocenters. The number of hydrogen-bond donors (Lipinski definition) is 2. The molecule has 2 aliphatic heterocycles. The van der Waals surface area contributed by atoms with Crippen LogP contribution in [0.5, 0.6) is 0 Å². The maximum atomic E-state index is 14.1. The van der Waals surface area contributed by atoms with Gasteiger partial charge in [-0.2, -0.15) is 0 Å². The lowest BCUT2D eigenvalue weighted by Crippen LogP contribution is -2.50. The molecule has 246 valence electrons. The maximum Gasteiger partial charge on any atom is 0.357 e. The molecule has 1 saturated heterocycles. The number of anilines is 1. The second-order valence-corrected chi connectivity index (χ2v) is 13.4. The van der Waals surface area contributed by atoms with Gasteiger partial charge in [0.2, 0.25) is 17.5 Å². The number of esters is 1. The maximum absolute atomic E-state index is 14.1. The first-order valence-electron chi connectivity index (χ1n) is 16.2. The highest BCUT2D eigenvalue weighted by atomic mass is 19.1. The summed E-state index contributed by atoms with van der Waals surface area (Å²) in [6.45, 7) is -2.50. The molecule has 2 saturated carbocycles. The van der Waals surface area contributed by atoms with E-state index >= 15 is 0 Å². The second kappa shape index (κ2) is 12.9. The molecule has 45 heavy (non-hydrogen) atoms. The number of fused-ring (bicyclic) bond motifs is 3. The average molecular weight is 633 g/mol. The van der Waals surface area contributed by atoms with Gasteiger partial charge in [-0.15, -0.1) is 0 Å². The van der Waals surface area contributed by atoms with E-state index in [1.165, 1.54) is 10.6 Å². The number of rotatable bonds is 9. The predicted molar refractivity (Wildman–Crippen MR) is 162 cm³/mol. The number of nitrogens with zero attached hydrogens (tertiary/aromatic N) is 2. The fourth-order valence-electron chi connectivity index (χ4n) is 8.38. The Morgan fingerprint density at radius 2 is 1.76 bits per heavy atom. The van der Waals surface area contributed by atoms with Crippen molar-refractivity contribution in [1.82, 2.24) is 9.47 Å². The number of nitrogens with two attached hydrogens (primary N) is 1. The number of nitrogens with one attached hydrogen (secondary N) is 1. The van der Waals surface area contributed by atoms with Crippen molar-refractivity contribution in [2.75, 3.05) is 39.0 Å². The van der Waals surface area contributed by atoms with Gasteiger partial charge in [0.1, 0.15) is 18.4 Å². The van der Waals surface area contributed by atoms with E-state index in [-0.39, 0.29) is 47.3 Å². The number of alkyl halides is 3. The van der Waals surface area contributed by atoms with Crippen LogP contribution >= 0.6 is 0 Å². The molecule has 2 aliphatic carbocycles. The summed E-state index contributed by atoms with van der Waals surface area (Å²) in [6, 6.07) is 5.26. The van der Waals surface area contributed by atoms with Crippen LogP contribution in [0.3, 0.4) is 0 Å². The number of methoxy groups -OCH3 is 1. The molecule has 0 bridgehead atoms. The van der Waals surface area contributed by atoms with E-state index in [4.69, 9.17) is 15.2 Å². The molecule has 12 heteroatoms. The lowest BCUT2D eigenvalue weighted by Gasteiger charge is -2.37. The minimum absolute atomic E-state index is 0.00503. The fraction of sp³-hybridized carbons (Fsp3) is 0.667.